The Kier molecular flexibility index (Phi) is 9.18. The number of allylic oxidation sites excluding steroid dienone is 2. The van der Waals surface area contributed by atoms with E-state index in [2.05, 4.69) is 0 Å². The van der Waals surface area contributed by atoms with Crippen LogP contribution in [0.5, 0.6) is 0 Å². The van der Waals surface area contributed by atoms with Crippen molar-refractivity contribution in [1.29, 1.82) is 0 Å². The summed E-state index contributed by atoms with van der Waals surface area (Å²) in [6, 6.07) is 6.40. The molecular formula is C23H30O8S. The van der Waals surface area contributed by atoms with E-state index in [1.54, 1.807) is 19.1 Å². The molecule has 0 fully saturated rings. The van der Waals surface area contributed by atoms with Gasteiger partial charge >= 0.3 is 0 Å². The van der Waals surface area contributed by atoms with Gasteiger partial charge in [0.25, 0.3) is 10.1 Å². The van der Waals surface area contributed by atoms with Crippen molar-refractivity contribution in [1.82, 2.24) is 0 Å². The predicted octanol–water partition coefficient (Wildman–Crippen LogP) is 3.32. The molecule has 8 nitrogen and oxygen atoms in total. The van der Waals surface area contributed by atoms with Gasteiger partial charge in [-0.1, -0.05) is 26.0 Å². The first kappa shape index (κ1) is 25.8. The van der Waals surface area contributed by atoms with E-state index in [9.17, 15) is 18.0 Å². The number of methoxy groups -OCH3 is 2. The van der Waals surface area contributed by atoms with Crippen molar-refractivity contribution in [3.8, 4) is 0 Å². The first-order chi connectivity index (χ1) is 15.1. The van der Waals surface area contributed by atoms with Gasteiger partial charge in [0.1, 0.15) is 0 Å². The molecule has 0 atom stereocenters. The van der Waals surface area contributed by atoms with Crippen LogP contribution in [0.4, 0.5) is 0 Å². The number of carbonyl (C=O) groups excluding carboxylic acids is 2. The number of ketones is 2. The normalized spacial score (nSPS) is 15.1. The number of hydrogen-bond acceptors (Lipinski definition) is 8. The molecule has 1 aromatic rings. The van der Waals surface area contributed by atoms with E-state index in [-0.39, 0.29) is 47.1 Å². The molecule has 0 heterocycles. The Bertz CT molecular complexity index is 1020. The fraction of sp³-hybridized carbons (Fsp3) is 0.478. The van der Waals surface area contributed by atoms with Gasteiger partial charge in [-0.2, -0.15) is 8.42 Å². The van der Waals surface area contributed by atoms with Gasteiger partial charge in [0.2, 0.25) is 23.1 Å². The second-order valence-electron chi connectivity index (χ2n) is 7.76. The summed E-state index contributed by atoms with van der Waals surface area (Å²) in [5, 5.41) is 0. The van der Waals surface area contributed by atoms with Crippen LogP contribution in [0.1, 0.15) is 39.2 Å². The van der Waals surface area contributed by atoms with Crippen LogP contribution in [0.25, 0.3) is 0 Å². The lowest BCUT2D eigenvalue weighted by atomic mass is 9.90. The van der Waals surface area contributed by atoms with Gasteiger partial charge in [-0.25, -0.2) is 0 Å². The maximum absolute atomic E-state index is 12.6. The first-order valence-corrected chi connectivity index (χ1v) is 11.7. The largest absolute Gasteiger partial charge is 0.489 e. The summed E-state index contributed by atoms with van der Waals surface area (Å²) < 4.78 is 45.3. The van der Waals surface area contributed by atoms with Crippen molar-refractivity contribution < 1.29 is 36.4 Å². The van der Waals surface area contributed by atoms with Crippen molar-refractivity contribution in [2.45, 2.75) is 45.1 Å². The number of Topliss-reactive ketones (excluding diaryl/α,β-unsaturated/α-hetero) is 2. The molecule has 0 radical (unpaired) electrons. The molecule has 0 aliphatic heterocycles. The molecule has 32 heavy (non-hydrogen) atoms. The third kappa shape index (κ3) is 6.27. The summed E-state index contributed by atoms with van der Waals surface area (Å²) in [5.74, 6) is -0.796. The average molecular weight is 467 g/mol. The van der Waals surface area contributed by atoms with Crippen LogP contribution >= 0.6 is 0 Å². The summed E-state index contributed by atoms with van der Waals surface area (Å²) in [5.41, 5.74) is 1.41. The standard InChI is InChI=1S/C23H30O8S/c1-15(2)13-31-32(26,27)18-9-6-8-17(12-18)14-30-11-7-10-19-16(3)20(24)22(28-4)23(29-5)21(19)25/h6,8-9,12,15H,7,10-11,13-14H2,1-5H3. The Morgan fingerprint density at radius 3 is 2.28 bits per heavy atom. The zero-order chi connectivity index (χ0) is 23.9. The summed E-state index contributed by atoms with van der Waals surface area (Å²) >= 11 is 0. The van der Waals surface area contributed by atoms with E-state index < -0.39 is 10.1 Å². The number of benzene rings is 1. The van der Waals surface area contributed by atoms with Crippen LogP contribution in [-0.2, 0) is 44.7 Å². The highest BCUT2D eigenvalue weighted by Gasteiger charge is 2.34. The quantitative estimate of drug-likeness (QED) is 0.262. The zero-order valence-electron chi connectivity index (χ0n) is 19.1. The molecule has 0 spiro atoms. The minimum absolute atomic E-state index is 0.0813. The van der Waals surface area contributed by atoms with Crippen LogP contribution in [0, 0.1) is 5.92 Å². The second kappa shape index (κ2) is 11.4. The van der Waals surface area contributed by atoms with E-state index in [1.165, 1.54) is 26.4 Å². The zero-order valence-corrected chi connectivity index (χ0v) is 19.9. The van der Waals surface area contributed by atoms with E-state index in [1.807, 2.05) is 13.8 Å². The van der Waals surface area contributed by atoms with Crippen LogP contribution in [0.3, 0.4) is 0 Å². The predicted molar refractivity (Wildman–Crippen MR) is 117 cm³/mol. The molecule has 176 valence electrons. The van der Waals surface area contributed by atoms with E-state index in [4.69, 9.17) is 18.4 Å². The molecule has 0 amide bonds. The summed E-state index contributed by atoms with van der Waals surface area (Å²) in [6.07, 6.45) is 0.845. The third-order valence-corrected chi connectivity index (χ3v) is 6.10. The molecular weight excluding hydrogens is 436 g/mol. The monoisotopic (exact) mass is 466 g/mol. The lowest BCUT2D eigenvalue weighted by Gasteiger charge is -2.20. The molecule has 0 aromatic heterocycles. The van der Waals surface area contributed by atoms with Crippen LogP contribution in [0.15, 0.2) is 51.8 Å². The Hall–Kier alpha value is -2.49. The highest BCUT2D eigenvalue weighted by Crippen LogP contribution is 2.28. The topological polar surface area (TPSA) is 105 Å². The molecule has 0 bridgehead atoms. The number of hydrogen-bond donors (Lipinski definition) is 0. The molecule has 0 N–H and O–H groups in total. The van der Waals surface area contributed by atoms with Crippen molar-refractivity contribution >= 4 is 21.7 Å². The first-order valence-electron chi connectivity index (χ1n) is 10.3. The highest BCUT2D eigenvalue weighted by atomic mass is 32.2. The van der Waals surface area contributed by atoms with Crippen LogP contribution in [0.2, 0.25) is 0 Å². The van der Waals surface area contributed by atoms with Crippen LogP contribution < -0.4 is 0 Å². The molecule has 1 aromatic carbocycles. The molecule has 0 saturated carbocycles. The molecule has 0 unspecified atom stereocenters. The summed E-state index contributed by atoms with van der Waals surface area (Å²) in [7, 11) is -1.17. The fourth-order valence-corrected chi connectivity index (χ4v) is 4.25. The number of carbonyl (C=O) groups is 2. The SMILES string of the molecule is COC1=C(OC)C(=O)C(CCCOCc2cccc(S(=O)(=O)OCC(C)C)c2)=C(C)C1=O. The van der Waals surface area contributed by atoms with Crippen molar-refractivity contribution in [3.63, 3.8) is 0 Å². The van der Waals surface area contributed by atoms with Gasteiger partial charge in [-0.05, 0) is 43.4 Å². The maximum Gasteiger partial charge on any atom is 0.296 e. The molecule has 2 rings (SSSR count). The molecule has 1 aliphatic rings. The highest BCUT2D eigenvalue weighted by molar-refractivity contribution is 7.86. The molecule has 0 saturated heterocycles. The van der Waals surface area contributed by atoms with E-state index in [0.29, 0.717) is 36.2 Å². The van der Waals surface area contributed by atoms with Crippen molar-refractivity contribution in [2.75, 3.05) is 27.4 Å². The number of rotatable bonds is 12. The third-order valence-electron chi connectivity index (χ3n) is 4.82. The van der Waals surface area contributed by atoms with Gasteiger partial charge in [0.05, 0.1) is 32.3 Å². The summed E-state index contributed by atoms with van der Waals surface area (Å²) in [6.45, 7) is 5.98. The minimum Gasteiger partial charge on any atom is -0.489 e. The van der Waals surface area contributed by atoms with Crippen molar-refractivity contribution in [3.05, 3.63) is 52.5 Å². The van der Waals surface area contributed by atoms with Gasteiger partial charge < -0.3 is 14.2 Å². The number of ether oxygens (including phenoxy) is 3. The van der Waals surface area contributed by atoms with E-state index in [0.717, 1.165) is 0 Å². The van der Waals surface area contributed by atoms with Gasteiger partial charge in [-0.3, -0.25) is 13.8 Å². The maximum atomic E-state index is 12.6. The Morgan fingerprint density at radius 1 is 1.00 bits per heavy atom. The smallest absolute Gasteiger partial charge is 0.296 e. The molecule has 1 aliphatic carbocycles. The lowest BCUT2D eigenvalue weighted by molar-refractivity contribution is -0.121. The minimum atomic E-state index is -3.82. The Labute approximate surface area is 189 Å². The Balaban J connectivity index is 1.92. The molecule has 9 heteroatoms. The van der Waals surface area contributed by atoms with Gasteiger partial charge in [0.15, 0.2) is 0 Å². The summed E-state index contributed by atoms with van der Waals surface area (Å²) in [4.78, 5) is 25.1. The second-order valence-corrected chi connectivity index (χ2v) is 9.38. The van der Waals surface area contributed by atoms with E-state index >= 15 is 0 Å². The lowest BCUT2D eigenvalue weighted by Crippen LogP contribution is -2.25. The van der Waals surface area contributed by atoms with Crippen LogP contribution in [-0.4, -0.2) is 47.4 Å². The average Bonchev–Trinajstić information content (AvgIpc) is 2.76. The van der Waals surface area contributed by atoms with Crippen molar-refractivity contribution in [2.24, 2.45) is 5.92 Å². The van der Waals surface area contributed by atoms with Gasteiger partial charge in [-0.15, -0.1) is 0 Å². The fourth-order valence-electron chi connectivity index (χ4n) is 3.12. The van der Waals surface area contributed by atoms with Gasteiger partial charge in [0, 0.05) is 17.8 Å². The Morgan fingerprint density at radius 2 is 1.66 bits per heavy atom.